The highest BCUT2D eigenvalue weighted by Crippen LogP contribution is 2.22. The first-order valence-electron chi connectivity index (χ1n) is 7.95. The SMILES string of the molecule is Cc1cc(N(C)Cc2c(C)nn(C(C)C)c2C)n2nccc2n1. The maximum atomic E-state index is 4.68. The van der Waals surface area contributed by atoms with Gasteiger partial charge in [-0.25, -0.2) is 4.98 Å². The summed E-state index contributed by atoms with van der Waals surface area (Å²) < 4.78 is 3.98. The largest absolute Gasteiger partial charge is 0.355 e. The standard InChI is InChI=1S/C17H24N6/c1-11(2)22-14(5)15(13(4)20-22)10-21(6)17-9-12(3)19-16-7-8-18-23(16)17/h7-9,11H,10H2,1-6H3. The van der Waals surface area contributed by atoms with Gasteiger partial charge in [0.1, 0.15) is 5.82 Å². The smallest absolute Gasteiger partial charge is 0.157 e. The summed E-state index contributed by atoms with van der Waals surface area (Å²) >= 11 is 0. The quantitative estimate of drug-likeness (QED) is 0.743. The van der Waals surface area contributed by atoms with E-state index in [0.29, 0.717) is 6.04 Å². The molecule has 0 fully saturated rings. The molecule has 3 aromatic heterocycles. The van der Waals surface area contributed by atoms with Gasteiger partial charge < -0.3 is 4.90 Å². The van der Waals surface area contributed by atoms with E-state index >= 15 is 0 Å². The predicted molar refractivity (Wildman–Crippen MR) is 91.9 cm³/mol. The van der Waals surface area contributed by atoms with E-state index in [-0.39, 0.29) is 0 Å². The van der Waals surface area contributed by atoms with Gasteiger partial charge in [0.15, 0.2) is 5.65 Å². The first kappa shape index (κ1) is 15.5. The lowest BCUT2D eigenvalue weighted by Crippen LogP contribution is -2.21. The number of hydrogen-bond acceptors (Lipinski definition) is 4. The van der Waals surface area contributed by atoms with Crippen molar-refractivity contribution in [3.05, 3.63) is 41.0 Å². The molecule has 3 aromatic rings. The summed E-state index contributed by atoms with van der Waals surface area (Å²) in [6.45, 7) is 11.3. The molecule has 0 unspecified atom stereocenters. The van der Waals surface area contributed by atoms with Crippen LogP contribution in [0.25, 0.3) is 5.65 Å². The topological polar surface area (TPSA) is 51.2 Å². The summed E-state index contributed by atoms with van der Waals surface area (Å²) in [4.78, 5) is 6.71. The predicted octanol–water partition coefficient (Wildman–Crippen LogP) is 3.07. The summed E-state index contributed by atoms with van der Waals surface area (Å²) in [7, 11) is 2.08. The number of fused-ring (bicyclic) bond motifs is 1. The molecule has 0 N–H and O–H groups in total. The Bertz CT molecular complexity index is 842. The lowest BCUT2D eigenvalue weighted by atomic mass is 10.2. The minimum Gasteiger partial charge on any atom is -0.355 e. The van der Waals surface area contributed by atoms with Crippen LogP contribution in [0, 0.1) is 20.8 Å². The second-order valence-electron chi connectivity index (χ2n) is 6.40. The summed E-state index contributed by atoms with van der Waals surface area (Å²) in [5, 5.41) is 9.07. The van der Waals surface area contributed by atoms with Crippen molar-refractivity contribution >= 4 is 11.5 Å². The maximum absolute atomic E-state index is 4.68. The van der Waals surface area contributed by atoms with E-state index in [1.165, 1.54) is 11.3 Å². The Morgan fingerprint density at radius 3 is 2.61 bits per heavy atom. The Labute approximate surface area is 136 Å². The first-order chi connectivity index (χ1) is 10.9. The average molecular weight is 312 g/mol. The van der Waals surface area contributed by atoms with Crippen LogP contribution in [-0.4, -0.2) is 31.4 Å². The van der Waals surface area contributed by atoms with Crippen molar-refractivity contribution in [3.63, 3.8) is 0 Å². The molecule has 3 rings (SSSR count). The van der Waals surface area contributed by atoms with Crippen molar-refractivity contribution in [2.75, 3.05) is 11.9 Å². The molecule has 6 heteroatoms. The molecule has 0 amide bonds. The van der Waals surface area contributed by atoms with Crippen LogP contribution < -0.4 is 4.90 Å². The zero-order valence-corrected chi connectivity index (χ0v) is 14.7. The third-order valence-corrected chi connectivity index (χ3v) is 4.22. The number of anilines is 1. The molecular weight excluding hydrogens is 288 g/mol. The van der Waals surface area contributed by atoms with Crippen molar-refractivity contribution in [3.8, 4) is 0 Å². The zero-order valence-electron chi connectivity index (χ0n) is 14.7. The van der Waals surface area contributed by atoms with Crippen molar-refractivity contribution < 1.29 is 0 Å². The van der Waals surface area contributed by atoms with Crippen LogP contribution in [0.15, 0.2) is 18.3 Å². The monoisotopic (exact) mass is 312 g/mol. The van der Waals surface area contributed by atoms with E-state index in [1.807, 2.05) is 17.5 Å². The highest BCUT2D eigenvalue weighted by atomic mass is 15.3. The van der Waals surface area contributed by atoms with Gasteiger partial charge in [0.25, 0.3) is 0 Å². The van der Waals surface area contributed by atoms with Gasteiger partial charge in [0, 0.05) is 48.7 Å². The Morgan fingerprint density at radius 1 is 1.22 bits per heavy atom. The highest BCUT2D eigenvalue weighted by Gasteiger charge is 2.17. The first-order valence-corrected chi connectivity index (χ1v) is 7.95. The van der Waals surface area contributed by atoms with Gasteiger partial charge in [-0.1, -0.05) is 0 Å². The fraction of sp³-hybridized carbons (Fsp3) is 0.471. The van der Waals surface area contributed by atoms with Crippen molar-refractivity contribution in [2.45, 2.75) is 47.2 Å². The fourth-order valence-corrected chi connectivity index (χ4v) is 3.04. The van der Waals surface area contributed by atoms with Gasteiger partial charge in [-0.3, -0.25) is 4.68 Å². The molecule has 0 aliphatic carbocycles. The Morgan fingerprint density at radius 2 is 1.96 bits per heavy atom. The summed E-state index contributed by atoms with van der Waals surface area (Å²) in [5.41, 5.74) is 5.46. The molecule has 0 saturated carbocycles. The molecule has 0 aliphatic rings. The lowest BCUT2D eigenvalue weighted by molar-refractivity contribution is 0.515. The highest BCUT2D eigenvalue weighted by molar-refractivity contribution is 5.50. The van der Waals surface area contributed by atoms with Crippen molar-refractivity contribution in [1.82, 2.24) is 24.4 Å². The molecule has 0 atom stereocenters. The number of hydrogen-bond donors (Lipinski definition) is 0. The Kier molecular flexibility index (Phi) is 3.83. The summed E-state index contributed by atoms with van der Waals surface area (Å²) in [6, 6.07) is 4.36. The molecule has 6 nitrogen and oxygen atoms in total. The van der Waals surface area contributed by atoms with Crippen LogP contribution in [-0.2, 0) is 6.54 Å². The molecule has 122 valence electrons. The van der Waals surface area contributed by atoms with Gasteiger partial charge in [-0.15, -0.1) is 0 Å². The minimum absolute atomic E-state index is 0.369. The van der Waals surface area contributed by atoms with Gasteiger partial charge >= 0.3 is 0 Å². The number of rotatable bonds is 4. The molecule has 0 saturated heterocycles. The summed E-state index contributed by atoms with van der Waals surface area (Å²) in [5.74, 6) is 1.04. The van der Waals surface area contributed by atoms with Gasteiger partial charge in [0.05, 0.1) is 11.9 Å². The van der Waals surface area contributed by atoms with Crippen LogP contribution >= 0.6 is 0 Å². The molecular formula is C17H24N6. The van der Waals surface area contributed by atoms with Crippen LogP contribution in [0.2, 0.25) is 0 Å². The lowest BCUT2D eigenvalue weighted by Gasteiger charge is -2.21. The average Bonchev–Trinajstić information content (AvgIpc) is 3.05. The molecule has 0 radical (unpaired) electrons. The fourth-order valence-electron chi connectivity index (χ4n) is 3.04. The van der Waals surface area contributed by atoms with E-state index < -0.39 is 0 Å². The van der Waals surface area contributed by atoms with Crippen LogP contribution in [0.4, 0.5) is 5.82 Å². The maximum Gasteiger partial charge on any atom is 0.157 e. The minimum atomic E-state index is 0.369. The second-order valence-corrected chi connectivity index (χ2v) is 6.40. The van der Waals surface area contributed by atoms with E-state index in [0.717, 1.165) is 29.4 Å². The van der Waals surface area contributed by atoms with Crippen LogP contribution in [0.5, 0.6) is 0 Å². The number of aryl methyl sites for hydroxylation is 2. The molecule has 23 heavy (non-hydrogen) atoms. The van der Waals surface area contributed by atoms with Crippen molar-refractivity contribution in [1.29, 1.82) is 0 Å². The van der Waals surface area contributed by atoms with Gasteiger partial charge in [-0.05, 0) is 34.6 Å². The Balaban J connectivity index is 1.98. The third kappa shape index (κ3) is 2.69. The van der Waals surface area contributed by atoms with Crippen LogP contribution in [0.1, 0.15) is 42.5 Å². The molecule has 0 aromatic carbocycles. The van der Waals surface area contributed by atoms with E-state index in [2.05, 4.69) is 65.6 Å². The molecule has 3 heterocycles. The number of aromatic nitrogens is 5. The molecule has 0 aliphatic heterocycles. The Hall–Kier alpha value is -2.37. The van der Waals surface area contributed by atoms with E-state index in [1.54, 1.807) is 6.20 Å². The van der Waals surface area contributed by atoms with Crippen LogP contribution in [0.3, 0.4) is 0 Å². The number of nitrogens with zero attached hydrogens (tertiary/aromatic N) is 6. The summed E-state index contributed by atoms with van der Waals surface area (Å²) in [6.07, 6.45) is 1.78. The van der Waals surface area contributed by atoms with E-state index in [4.69, 9.17) is 0 Å². The van der Waals surface area contributed by atoms with E-state index in [9.17, 15) is 0 Å². The molecule has 0 bridgehead atoms. The third-order valence-electron chi connectivity index (χ3n) is 4.22. The molecule has 0 spiro atoms. The van der Waals surface area contributed by atoms with Crippen molar-refractivity contribution in [2.24, 2.45) is 0 Å². The van der Waals surface area contributed by atoms with Gasteiger partial charge in [-0.2, -0.15) is 14.7 Å². The van der Waals surface area contributed by atoms with Gasteiger partial charge in [0.2, 0.25) is 0 Å². The normalized spacial score (nSPS) is 11.6. The zero-order chi connectivity index (χ0) is 16.7. The second kappa shape index (κ2) is 5.68.